The zero-order valence-corrected chi connectivity index (χ0v) is 16.7. The van der Waals surface area contributed by atoms with E-state index < -0.39 is 0 Å². The highest BCUT2D eigenvalue weighted by Crippen LogP contribution is 2.25. The minimum Gasteiger partial charge on any atom is -0.340 e. The lowest BCUT2D eigenvalue weighted by atomic mass is 10.1. The van der Waals surface area contributed by atoms with E-state index in [2.05, 4.69) is 23.5 Å². The molecule has 0 atom stereocenters. The smallest absolute Gasteiger partial charge is 0.227 e. The van der Waals surface area contributed by atoms with Crippen molar-refractivity contribution in [1.29, 1.82) is 5.26 Å². The molecule has 0 saturated carbocycles. The summed E-state index contributed by atoms with van der Waals surface area (Å²) >= 11 is 0. The van der Waals surface area contributed by atoms with Crippen LogP contribution in [0, 0.1) is 11.3 Å². The van der Waals surface area contributed by atoms with Crippen LogP contribution in [0.1, 0.15) is 11.1 Å². The Kier molecular flexibility index (Phi) is 5.68. The van der Waals surface area contributed by atoms with Crippen molar-refractivity contribution in [3.8, 4) is 17.3 Å². The summed E-state index contributed by atoms with van der Waals surface area (Å²) in [7, 11) is 1.99. The van der Waals surface area contributed by atoms with Crippen LogP contribution in [0.15, 0.2) is 91.0 Å². The Morgan fingerprint density at radius 2 is 1.53 bits per heavy atom. The van der Waals surface area contributed by atoms with Crippen LogP contribution in [-0.2, 0) is 6.54 Å². The Labute approximate surface area is 176 Å². The van der Waals surface area contributed by atoms with Gasteiger partial charge in [0.25, 0.3) is 0 Å². The number of hydrogen-bond donors (Lipinski definition) is 1. The SMILES string of the molecule is CN(Cc1ccccc1)c1nc(Nc2ccc(C#N)cc2)cc(-c2ccccc2)n1. The Morgan fingerprint density at radius 3 is 2.20 bits per heavy atom. The molecule has 0 unspecified atom stereocenters. The van der Waals surface area contributed by atoms with E-state index in [0.29, 0.717) is 23.9 Å². The van der Waals surface area contributed by atoms with E-state index in [1.165, 1.54) is 5.56 Å². The van der Waals surface area contributed by atoms with E-state index in [0.717, 1.165) is 16.9 Å². The summed E-state index contributed by atoms with van der Waals surface area (Å²) in [5.41, 5.74) is 4.55. The van der Waals surface area contributed by atoms with Crippen LogP contribution in [0.4, 0.5) is 17.5 Å². The van der Waals surface area contributed by atoms with Gasteiger partial charge in [-0.05, 0) is 29.8 Å². The molecule has 5 heteroatoms. The van der Waals surface area contributed by atoms with E-state index in [4.69, 9.17) is 15.2 Å². The minimum absolute atomic E-state index is 0.622. The number of anilines is 3. The van der Waals surface area contributed by atoms with Crippen molar-refractivity contribution in [3.05, 3.63) is 102 Å². The molecular weight excluding hydrogens is 370 g/mol. The maximum absolute atomic E-state index is 9.00. The van der Waals surface area contributed by atoms with Gasteiger partial charge in [0.15, 0.2) is 0 Å². The van der Waals surface area contributed by atoms with Crippen LogP contribution < -0.4 is 10.2 Å². The molecule has 4 rings (SSSR count). The maximum Gasteiger partial charge on any atom is 0.227 e. The molecule has 4 aromatic rings. The molecule has 5 nitrogen and oxygen atoms in total. The van der Waals surface area contributed by atoms with Crippen molar-refractivity contribution < 1.29 is 0 Å². The second-order valence-electron chi connectivity index (χ2n) is 6.96. The van der Waals surface area contributed by atoms with Crippen LogP contribution in [0.2, 0.25) is 0 Å². The standard InChI is InChI=1S/C25H21N5/c1-30(18-20-8-4-2-5-9-20)25-28-23(21-10-6-3-7-11-21)16-24(29-25)27-22-14-12-19(17-26)13-15-22/h2-16H,18H2,1H3,(H,27,28,29). The zero-order chi connectivity index (χ0) is 20.8. The lowest BCUT2D eigenvalue weighted by molar-refractivity contribution is 0.869. The van der Waals surface area contributed by atoms with Crippen LogP contribution in [0.3, 0.4) is 0 Å². The van der Waals surface area contributed by atoms with Crippen molar-refractivity contribution in [1.82, 2.24) is 9.97 Å². The van der Waals surface area contributed by atoms with Gasteiger partial charge in [-0.2, -0.15) is 10.2 Å². The molecule has 1 N–H and O–H groups in total. The summed E-state index contributed by atoms with van der Waals surface area (Å²) in [5.74, 6) is 1.33. The van der Waals surface area contributed by atoms with Crippen LogP contribution in [-0.4, -0.2) is 17.0 Å². The first-order valence-corrected chi connectivity index (χ1v) is 9.68. The number of benzene rings is 3. The van der Waals surface area contributed by atoms with E-state index in [-0.39, 0.29) is 0 Å². The molecular formula is C25H21N5. The molecule has 0 aliphatic heterocycles. The van der Waals surface area contributed by atoms with Gasteiger partial charge in [-0.15, -0.1) is 0 Å². The van der Waals surface area contributed by atoms with Crippen LogP contribution in [0.25, 0.3) is 11.3 Å². The number of rotatable bonds is 6. The number of nitriles is 1. The van der Waals surface area contributed by atoms with E-state index in [9.17, 15) is 0 Å². The average molecular weight is 391 g/mol. The molecule has 0 fully saturated rings. The lowest BCUT2D eigenvalue weighted by Crippen LogP contribution is -2.19. The van der Waals surface area contributed by atoms with Crippen molar-refractivity contribution in [3.63, 3.8) is 0 Å². The monoisotopic (exact) mass is 391 g/mol. The average Bonchev–Trinajstić information content (AvgIpc) is 2.80. The number of hydrogen-bond acceptors (Lipinski definition) is 5. The van der Waals surface area contributed by atoms with Crippen molar-refractivity contribution in [2.24, 2.45) is 0 Å². The number of nitrogens with zero attached hydrogens (tertiary/aromatic N) is 4. The van der Waals surface area contributed by atoms with Gasteiger partial charge in [0, 0.05) is 30.9 Å². The molecule has 0 saturated heterocycles. The summed E-state index contributed by atoms with van der Waals surface area (Å²) in [6.07, 6.45) is 0. The molecule has 30 heavy (non-hydrogen) atoms. The first-order chi connectivity index (χ1) is 14.7. The molecule has 0 radical (unpaired) electrons. The summed E-state index contributed by atoms with van der Waals surface area (Å²) in [6.45, 7) is 0.704. The van der Waals surface area contributed by atoms with Gasteiger partial charge >= 0.3 is 0 Å². The van der Waals surface area contributed by atoms with E-state index in [1.807, 2.05) is 78.7 Å². The molecule has 0 aliphatic rings. The van der Waals surface area contributed by atoms with Crippen molar-refractivity contribution in [2.45, 2.75) is 6.54 Å². The number of nitrogens with one attached hydrogen (secondary N) is 1. The van der Waals surface area contributed by atoms with E-state index >= 15 is 0 Å². The van der Waals surface area contributed by atoms with Gasteiger partial charge in [0.2, 0.25) is 5.95 Å². The third kappa shape index (κ3) is 4.62. The van der Waals surface area contributed by atoms with Crippen molar-refractivity contribution in [2.75, 3.05) is 17.3 Å². The maximum atomic E-state index is 9.00. The number of aromatic nitrogens is 2. The van der Waals surface area contributed by atoms with Gasteiger partial charge in [-0.3, -0.25) is 0 Å². The molecule has 0 bridgehead atoms. The lowest BCUT2D eigenvalue weighted by Gasteiger charge is -2.19. The zero-order valence-electron chi connectivity index (χ0n) is 16.7. The van der Waals surface area contributed by atoms with E-state index in [1.54, 1.807) is 12.1 Å². The second-order valence-corrected chi connectivity index (χ2v) is 6.96. The van der Waals surface area contributed by atoms with Gasteiger partial charge in [-0.1, -0.05) is 60.7 Å². The fraction of sp³-hybridized carbons (Fsp3) is 0.0800. The molecule has 146 valence electrons. The third-order valence-electron chi connectivity index (χ3n) is 4.67. The first kappa shape index (κ1) is 19.2. The molecule has 3 aromatic carbocycles. The van der Waals surface area contributed by atoms with Crippen LogP contribution >= 0.6 is 0 Å². The normalized spacial score (nSPS) is 10.3. The molecule has 1 aromatic heterocycles. The Bertz CT molecular complexity index is 1150. The van der Waals surface area contributed by atoms with Gasteiger partial charge < -0.3 is 10.2 Å². The first-order valence-electron chi connectivity index (χ1n) is 9.68. The predicted octanol–water partition coefficient (Wildman–Crippen LogP) is 5.40. The summed E-state index contributed by atoms with van der Waals surface area (Å²) in [6, 6.07) is 31.7. The van der Waals surface area contributed by atoms with Gasteiger partial charge in [0.05, 0.1) is 17.3 Å². The fourth-order valence-corrected chi connectivity index (χ4v) is 3.13. The summed E-state index contributed by atoms with van der Waals surface area (Å²) in [4.78, 5) is 11.6. The Hall–Kier alpha value is -4.17. The molecule has 0 aliphatic carbocycles. The summed E-state index contributed by atoms with van der Waals surface area (Å²) in [5, 5.41) is 12.3. The van der Waals surface area contributed by atoms with Gasteiger partial charge in [-0.25, -0.2) is 4.98 Å². The predicted molar refractivity (Wildman–Crippen MR) is 120 cm³/mol. The molecule has 1 heterocycles. The topological polar surface area (TPSA) is 64.8 Å². The molecule has 0 amide bonds. The Balaban J connectivity index is 1.68. The van der Waals surface area contributed by atoms with Crippen molar-refractivity contribution >= 4 is 17.5 Å². The highest BCUT2D eigenvalue weighted by atomic mass is 15.2. The van der Waals surface area contributed by atoms with Gasteiger partial charge in [0.1, 0.15) is 5.82 Å². The fourth-order valence-electron chi connectivity index (χ4n) is 3.13. The second kappa shape index (κ2) is 8.89. The highest BCUT2D eigenvalue weighted by molar-refractivity contribution is 5.67. The highest BCUT2D eigenvalue weighted by Gasteiger charge is 2.11. The quantitative estimate of drug-likeness (QED) is 0.477. The third-order valence-corrected chi connectivity index (χ3v) is 4.67. The minimum atomic E-state index is 0.622. The largest absolute Gasteiger partial charge is 0.340 e. The Morgan fingerprint density at radius 1 is 0.867 bits per heavy atom. The molecule has 0 spiro atoms. The summed E-state index contributed by atoms with van der Waals surface area (Å²) < 4.78 is 0. The van der Waals surface area contributed by atoms with Crippen LogP contribution in [0.5, 0.6) is 0 Å².